The van der Waals surface area contributed by atoms with Crippen LogP contribution in [0.25, 0.3) is 0 Å². The smallest absolute Gasteiger partial charge is 0.388 e. The van der Waals surface area contributed by atoms with Gasteiger partial charge in [-0.15, -0.1) is 0 Å². The van der Waals surface area contributed by atoms with Crippen molar-refractivity contribution in [1.29, 1.82) is 5.41 Å². The summed E-state index contributed by atoms with van der Waals surface area (Å²) in [4.78, 5) is 1.83. The lowest BCUT2D eigenvalue weighted by Gasteiger charge is -2.17. The molecule has 0 atom stereocenters. The largest absolute Gasteiger partial charge is 0.416 e. The van der Waals surface area contributed by atoms with Gasteiger partial charge in [0.15, 0.2) is 0 Å². The van der Waals surface area contributed by atoms with E-state index in [0.717, 1.165) is 12.1 Å². The molecule has 0 fully saturated rings. The Morgan fingerprint density at radius 1 is 1.39 bits per heavy atom. The Labute approximate surface area is 104 Å². The second kappa shape index (κ2) is 5.86. The highest BCUT2D eigenvalue weighted by Crippen LogP contribution is 2.29. The third kappa shape index (κ3) is 4.75. The van der Waals surface area contributed by atoms with Crippen molar-refractivity contribution < 1.29 is 13.2 Å². The van der Waals surface area contributed by atoms with Crippen LogP contribution in [-0.2, 0) is 12.7 Å². The lowest BCUT2D eigenvalue weighted by molar-refractivity contribution is -0.137. The molecule has 0 aliphatic heterocycles. The van der Waals surface area contributed by atoms with Crippen LogP contribution in [0.3, 0.4) is 0 Å². The molecule has 1 aromatic rings. The van der Waals surface area contributed by atoms with Gasteiger partial charge in [-0.2, -0.15) is 13.2 Å². The van der Waals surface area contributed by atoms with E-state index in [9.17, 15) is 13.2 Å². The average molecular weight is 259 g/mol. The van der Waals surface area contributed by atoms with Crippen molar-refractivity contribution >= 4 is 5.84 Å². The molecule has 100 valence electrons. The minimum Gasteiger partial charge on any atom is -0.388 e. The zero-order chi connectivity index (χ0) is 13.8. The van der Waals surface area contributed by atoms with Gasteiger partial charge in [0.05, 0.1) is 11.4 Å². The van der Waals surface area contributed by atoms with Crippen molar-refractivity contribution in [3.05, 3.63) is 35.4 Å². The number of alkyl halides is 3. The first kappa shape index (κ1) is 14.5. The molecule has 0 aliphatic rings. The highest BCUT2D eigenvalue weighted by molar-refractivity contribution is 5.76. The fraction of sp³-hybridized carbons (Fsp3) is 0.417. The SMILES string of the molecule is CN(CCC(=N)N)Cc1cccc(C(F)(F)F)c1. The molecule has 18 heavy (non-hydrogen) atoms. The number of nitrogens with one attached hydrogen (secondary N) is 1. The highest BCUT2D eigenvalue weighted by atomic mass is 19.4. The number of nitrogens with zero attached hydrogens (tertiary/aromatic N) is 1. The number of benzene rings is 1. The molecule has 0 bridgehead atoms. The predicted molar refractivity (Wildman–Crippen MR) is 64.3 cm³/mol. The van der Waals surface area contributed by atoms with E-state index in [2.05, 4.69) is 0 Å². The first-order valence-corrected chi connectivity index (χ1v) is 5.46. The van der Waals surface area contributed by atoms with E-state index in [1.54, 1.807) is 13.1 Å². The van der Waals surface area contributed by atoms with Gasteiger partial charge in [0.2, 0.25) is 0 Å². The molecule has 3 N–H and O–H groups in total. The van der Waals surface area contributed by atoms with Crippen molar-refractivity contribution in [3.63, 3.8) is 0 Å². The third-order valence-electron chi connectivity index (χ3n) is 2.47. The Morgan fingerprint density at radius 3 is 2.61 bits per heavy atom. The number of rotatable bonds is 5. The molecule has 0 saturated heterocycles. The standard InChI is InChI=1S/C12H16F3N3/c1-18(6-5-11(16)17)8-9-3-2-4-10(7-9)12(13,14)15/h2-4,7H,5-6,8H2,1H3,(H3,16,17). The maximum absolute atomic E-state index is 12.5. The molecule has 0 aliphatic carbocycles. The first-order valence-electron chi connectivity index (χ1n) is 5.46. The molecule has 6 heteroatoms. The highest BCUT2D eigenvalue weighted by Gasteiger charge is 2.30. The zero-order valence-corrected chi connectivity index (χ0v) is 10.1. The van der Waals surface area contributed by atoms with Gasteiger partial charge in [-0.05, 0) is 18.7 Å². The molecule has 0 spiro atoms. The van der Waals surface area contributed by atoms with E-state index >= 15 is 0 Å². The zero-order valence-electron chi connectivity index (χ0n) is 10.1. The summed E-state index contributed by atoms with van der Waals surface area (Å²) in [7, 11) is 1.78. The molecule has 0 amide bonds. The predicted octanol–water partition coefficient (Wildman–Crippen LogP) is 2.46. The summed E-state index contributed by atoms with van der Waals surface area (Å²) in [6.45, 7) is 0.947. The maximum atomic E-state index is 12.5. The molecule has 0 heterocycles. The number of nitrogens with two attached hydrogens (primary N) is 1. The van der Waals surface area contributed by atoms with Crippen LogP contribution >= 0.6 is 0 Å². The normalized spacial score (nSPS) is 11.8. The van der Waals surface area contributed by atoms with E-state index in [1.165, 1.54) is 6.07 Å². The van der Waals surface area contributed by atoms with Gasteiger partial charge in [-0.3, -0.25) is 5.41 Å². The van der Waals surface area contributed by atoms with Crippen molar-refractivity contribution in [2.45, 2.75) is 19.1 Å². The van der Waals surface area contributed by atoms with Gasteiger partial charge in [-0.1, -0.05) is 18.2 Å². The topological polar surface area (TPSA) is 53.1 Å². The van der Waals surface area contributed by atoms with Gasteiger partial charge in [0.1, 0.15) is 0 Å². The molecule has 0 unspecified atom stereocenters. The third-order valence-corrected chi connectivity index (χ3v) is 2.47. The summed E-state index contributed by atoms with van der Waals surface area (Å²) in [6.07, 6.45) is -3.90. The minimum absolute atomic E-state index is 0.0749. The lowest BCUT2D eigenvalue weighted by atomic mass is 10.1. The molecule has 1 rings (SSSR count). The average Bonchev–Trinajstić information content (AvgIpc) is 2.25. The summed E-state index contributed by atoms with van der Waals surface area (Å²) in [5.74, 6) is 0.0749. The van der Waals surface area contributed by atoms with Crippen LogP contribution in [0.2, 0.25) is 0 Å². The van der Waals surface area contributed by atoms with Crippen molar-refractivity contribution in [3.8, 4) is 0 Å². The Bertz CT molecular complexity index is 415. The molecule has 3 nitrogen and oxygen atoms in total. The molecule has 0 radical (unpaired) electrons. The Kier molecular flexibility index (Phi) is 4.72. The van der Waals surface area contributed by atoms with Crippen molar-refractivity contribution in [2.75, 3.05) is 13.6 Å². The number of amidine groups is 1. The molecular weight excluding hydrogens is 243 g/mol. The van der Waals surface area contributed by atoms with Crippen molar-refractivity contribution in [1.82, 2.24) is 4.90 Å². The molecule has 0 saturated carbocycles. The summed E-state index contributed by atoms with van der Waals surface area (Å²) in [5, 5.41) is 7.09. The van der Waals surface area contributed by atoms with Crippen LogP contribution in [0.5, 0.6) is 0 Å². The number of hydrogen-bond donors (Lipinski definition) is 2. The van der Waals surface area contributed by atoms with Crippen LogP contribution in [0.15, 0.2) is 24.3 Å². The quantitative estimate of drug-likeness (QED) is 0.630. The summed E-state index contributed by atoms with van der Waals surface area (Å²) in [5.41, 5.74) is 5.18. The van der Waals surface area contributed by atoms with E-state index in [0.29, 0.717) is 25.1 Å². The number of halogens is 3. The Hall–Kier alpha value is -1.56. The van der Waals surface area contributed by atoms with E-state index in [-0.39, 0.29) is 5.84 Å². The van der Waals surface area contributed by atoms with Crippen LogP contribution in [0, 0.1) is 5.41 Å². The van der Waals surface area contributed by atoms with Gasteiger partial charge in [-0.25, -0.2) is 0 Å². The minimum atomic E-state index is -4.31. The van der Waals surface area contributed by atoms with Crippen LogP contribution < -0.4 is 5.73 Å². The summed E-state index contributed by atoms with van der Waals surface area (Å²) < 4.78 is 37.5. The summed E-state index contributed by atoms with van der Waals surface area (Å²) in [6, 6.07) is 5.25. The van der Waals surface area contributed by atoms with Gasteiger partial charge in [0.25, 0.3) is 0 Å². The van der Waals surface area contributed by atoms with Gasteiger partial charge < -0.3 is 10.6 Å². The van der Waals surface area contributed by atoms with Crippen LogP contribution in [0.4, 0.5) is 13.2 Å². The Morgan fingerprint density at radius 2 is 2.06 bits per heavy atom. The second-order valence-electron chi connectivity index (χ2n) is 4.21. The van der Waals surface area contributed by atoms with Gasteiger partial charge >= 0.3 is 6.18 Å². The van der Waals surface area contributed by atoms with Crippen LogP contribution in [-0.4, -0.2) is 24.3 Å². The lowest BCUT2D eigenvalue weighted by Crippen LogP contribution is -2.24. The van der Waals surface area contributed by atoms with E-state index in [1.807, 2.05) is 4.90 Å². The van der Waals surface area contributed by atoms with E-state index < -0.39 is 11.7 Å². The van der Waals surface area contributed by atoms with Gasteiger partial charge in [0, 0.05) is 19.5 Å². The molecule has 0 aromatic heterocycles. The Balaban J connectivity index is 2.65. The number of hydrogen-bond acceptors (Lipinski definition) is 2. The fourth-order valence-corrected chi connectivity index (χ4v) is 1.55. The maximum Gasteiger partial charge on any atom is 0.416 e. The van der Waals surface area contributed by atoms with Crippen LogP contribution in [0.1, 0.15) is 17.5 Å². The monoisotopic (exact) mass is 259 g/mol. The van der Waals surface area contributed by atoms with E-state index in [4.69, 9.17) is 11.1 Å². The molecule has 1 aromatic carbocycles. The van der Waals surface area contributed by atoms with Crippen molar-refractivity contribution in [2.24, 2.45) is 5.73 Å². The fourth-order valence-electron chi connectivity index (χ4n) is 1.55. The molecular formula is C12H16F3N3. The first-order chi connectivity index (χ1) is 8.29. The second-order valence-corrected chi connectivity index (χ2v) is 4.21. The summed E-state index contributed by atoms with van der Waals surface area (Å²) >= 11 is 0.